The summed E-state index contributed by atoms with van der Waals surface area (Å²) in [5.74, 6) is 0. The van der Waals surface area contributed by atoms with Crippen molar-refractivity contribution in [1.82, 2.24) is 0 Å². The van der Waals surface area contributed by atoms with Gasteiger partial charge in [0, 0.05) is 0 Å². The molecule has 9 heteroatoms. The van der Waals surface area contributed by atoms with E-state index in [1.165, 1.54) is 0 Å². The van der Waals surface area contributed by atoms with E-state index in [2.05, 4.69) is 33.9 Å². The van der Waals surface area contributed by atoms with Crippen LogP contribution in [0.25, 0.3) is 0 Å². The lowest BCUT2D eigenvalue weighted by atomic mass is 9.82. The van der Waals surface area contributed by atoms with Crippen molar-refractivity contribution < 1.29 is 38.0 Å². The van der Waals surface area contributed by atoms with Gasteiger partial charge in [-0.3, -0.25) is 0 Å². The van der Waals surface area contributed by atoms with E-state index >= 15 is 0 Å². The predicted molar refractivity (Wildman–Crippen MR) is 108 cm³/mol. The van der Waals surface area contributed by atoms with Gasteiger partial charge >= 0.3 is 6.16 Å². The van der Waals surface area contributed by atoms with Gasteiger partial charge in [0.1, 0.15) is 37.1 Å². The second kappa shape index (κ2) is 7.89. The van der Waals surface area contributed by atoms with Gasteiger partial charge in [-0.2, -0.15) is 0 Å². The van der Waals surface area contributed by atoms with Crippen molar-refractivity contribution in [2.24, 2.45) is 0 Å². The van der Waals surface area contributed by atoms with E-state index < -0.39 is 57.6 Å². The van der Waals surface area contributed by atoms with Crippen LogP contribution in [-0.2, 0) is 34.7 Å². The maximum absolute atomic E-state index is 12.4. The second-order valence-electron chi connectivity index (χ2n) is 9.53. The van der Waals surface area contributed by atoms with Gasteiger partial charge in [-0.15, -0.1) is 0 Å². The van der Waals surface area contributed by atoms with E-state index in [-0.39, 0.29) is 11.6 Å². The van der Waals surface area contributed by atoms with Gasteiger partial charge < -0.3 is 33.2 Å². The molecule has 1 aromatic carbocycles. The molecule has 0 aromatic heterocycles. The topological polar surface area (TPSA) is 92.7 Å². The highest BCUT2D eigenvalue weighted by atomic mass is 28.4. The monoisotopic (exact) mass is 438 g/mol. The molecule has 0 radical (unpaired) electrons. The molecule has 1 N–H and O–H groups in total. The number of ether oxygens (including phenoxy) is 5. The van der Waals surface area contributed by atoms with Gasteiger partial charge in [0.2, 0.25) is 0 Å². The van der Waals surface area contributed by atoms with Crippen LogP contribution >= 0.6 is 0 Å². The summed E-state index contributed by atoms with van der Waals surface area (Å²) < 4.78 is 34.4. The summed E-state index contributed by atoms with van der Waals surface area (Å²) in [6.07, 6.45) is -5.21. The van der Waals surface area contributed by atoms with Crippen LogP contribution in [0.5, 0.6) is 0 Å². The highest BCUT2D eigenvalue weighted by Crippen LogP contribution is 2.46. The number of carbonyl (C=O) groups is 1. The average molecular weight is 439 g/mol. The Hall–Kier alpha value is -1.49. The van der Waals surface area contributed by atoms with Crippen molar-refractivity contribution in [3.05, 3.63) is 35.9 Å². The Morgan fingerprint density at radius 3 is 2.27 bits per heavy atom. The lowest BCUT2D eigenvalue weighted by molar-refractivity contribution is -0.479. The fraction of sp³-hybridized carbons (Fsp3) is 0.667. The molecule has 7 atom stereocenters. The maximum Gasteiger partial charge on any atom is 0.509 e. The van der Waals surface area contributed by atoms with Gasteiger partial charge in [0.25, 0.3) is 6.48 Å². The van der Waals surface area contributed by atoms with E-state index in [0.29, 0.717) is 0 Å². The van der Waals surface area contributed by atoms with Gasteiger partial charge in [0.15, 0.2) is 14.4 Å². The molecule has 5 rings (SSSR count). The smallest absolute Gasteiger partial charge is 0.429 e. The predicted octanol–water partition coefficient (Wildman–Crippen LogP) is 2.94. The largest absolute Gasteiger partial charge is 0.509 e. The molecule has 30 heavy (non-hydrogen) atoms. The SMILES string of the molecule is CC(C)(C)[Si](C)(C)O[C@H]1[C@@H]2O[C@@H]3O[C@@H]([C@@H](O)[C@@H]1O3)[C@H]2OC(=O)OCc1ccccc1. The molecule has 0 spiro atoms. The first-order valence-electron chi connectivity index (χ1n) is 10.3. The number of benzene rings is 1. The molecule has 1 aliphatic carbocycles. The standard InChI is InChI=1S/C21H30O8Si/c1-21(2,3)30(4,5)29-18-15-13(22)14-16(17(18)28-20(26-14)27-15)25-19(23)24-11-12-9-7-6-8-10-12/h6-10,13-18,20,22H,11H2,1-5H3/t13-,14+,15+,16-,17-,18-,20-/m1/s1. The summed E-state index contributed by atoms with van der Waals surface area (Å²) in [4.78, 5) is 12.4. The molecule has 0 amide bonds. The number of rotatable bonds is 5. The molecule has 1 saturated carbocycles. The summed E-state index contributed by atoms with van der Waals surface area (Å²) in [5.41, 5.74) is 0.847. The number of carbonyl (C=O) groups excluding carboxylic acids is 1. The van der Waals surface area contributed by atoms with Crippen LogP contribution in [-0.4, -0.2) is 62.7 Å². The molecule has 4 bridgehead atoms. The number of hydrogen-bond acceptors (Lipinski definition) is 8. The highest BCUT2D eigenvalue weighted by molar-refractivity contribution is 6.74. The first-order chi connectivity index (χ1) is 14.1. The number of aliphatic hydroxyl groups is 1. The van der Waals surface area contributed by atoms with Crippen molar-refractivity contribution in [2.75, 3.05) is 0 Å². The lowest BCUT2D eigenvalue weighted by Gasteiger charge is -2.58. The van der Waals surface area contributed by atoms with Crippen molar-refractivity contribution >= 4 is 14.5 Å². The lowest BCUT2D eigenvalue weighted by Crippen LogP contribution is -2.77. The minimum atomic E-state index is -2.21. The minimum absolute atomic E-state index is 0.0475. The summed E-state index contributed by atoms with van der Waals surface area (Å²) in [7, 11) is -2.21. The van der Waals surface area contributed by atoms with Crippen LogP contribution in [0, 0.1) is 0 Å². The van der Waals surface area contributed by atoms with Crippen LogP contribution in [0.3, 0.4) is 0 Å². The molecule has 1 aromatic rings. The minimum Gasteiger partial charge on any atom is -0.429 e. The molecule has 8 nitrogen and oxygen atoms in total. The van der Waals surface area contributed by atoms with Crippen LogP contribution in [0.4, 0.5) is 4.79 Å². The Labute approximate surface area is 177 Å². The molecule has 166 valence electrons. The molecule has 3 aliphatic heterocycles. The molecule has 4 fully saturated rings. The zero-order valence-corrected chi connectivity index (χ0v) is 18.9. The Bertz CT molecular complexity index is 764. The zero-order chi connectivity index (χ0) is 21.7. The van der Waals surface area contributed by atoms with Gasteiger partial charge in [-0.05, 0) is 23.7 Å². The Morgan fingerprint density at radius 2 is 1.63 bits per heavy atom. The van der Waals surface area contributed by atoms with Gasteiger partial charge in [-0.1, -0.05) is 51.1 Å². The second-order valence-corrected chi connectivity index (χ2v) is 14.3. The first kappa shape index (κ1) is 21.7. The molecular formula is C21H30O8Si. The summed E-state index contributed by atoms with van der Waals surface area (Å²) in [6, 6.07) is 9.32. The highest BCUT2D eigenvalue weighted by Gasteiger charge is 2.64. The number of aliphatic hydroxyl groups excluding tert-OH is 1. The van der Waals surface area contributed by atoms with Crippen LogP contribution in [0.1, 0.15) is 26.3 Å². The zero-order valence-electron chi connectivity index (χ0n) is 17.9. The molecule has 0 unspecified atom stereocenters. The van der Waals surface area contributed by atoms with Crippen LogP contribution in [0.2, 0.25) is 18.1 Å². The van der Waals surface area contributed by atoms with Crippen LogP contribution < -0.4 is 0 Å². The van der Waals surface area contributed by atoms with E-state index in [1.54, 1.807) is 0 Å². The fourth-order valence-electron chi connectivity index (χ4n) is 3.74. The van der Waals surface area contributed by atoms with Crippen LogP contribution in [0.15, 0.2) is 30.3 Å². The van der Waals surface area contributed by atoms with Gasteiger partial charge in [0.05, 0.1) is 0 Å². The quantitative estimate of drug-likeness (QED) is 0.554. The molecule has 3 saturated heterocycles. The van der Waals surface area contributed by atoms with Crippen molar-refractivity contribution in [2.45, 2.75) is 88.6 Å². The molecule has 3 heterocycles. The van der Waals surface area contributed by atoms with Crippen molar-refractivity contribution in [1.29, 1.82) is 0 Å². The van der Waals surface area contributed by atoms with Gasteiger partial charge in [-0.25, -0.2) is 4.79 Å². The Balaban J connectivity index is 1.47. The van der Waals surface area contributed by atoms with E-state index in [0.717, 1.165) is 5.56 Å². The van der Waals surface area contributed by atoms with Crippen molar-refractivity contribution in [3.8, 4) is 0 Å². The molecule has 4 aliphatic rings. The third-order valence-electron chi connectivity index (χ3n) is 6.44. The summed E-state index contributed by atoms with van der Waals surface area (Å²) >= 11 is 0. The fourth-order valence-corrected chi connectivity index (χ4v) is 5.04. The van der Waals surface area contributed by atoms with E-state index in [9.17, 15) is 9.90 Å². The average Bonchev–Trinajstić information content (AvgIpc) is 2.68. The van der Waals surface area contributed by atoms with E-state index in [4.69, 9.17) is 28.1 Å². The summed E-state index contributed by atoms with van der Waals surface area (Å²) in [5, 5.41) is 10.7. The van der Waals surface area contributed by atoms with E-state index in [1.807, 2.05) is 30.3 Å². The maximum atomic E-state index is 12.4. The third-order valence-corrected chi connectivity index (χ3v) is 10.9. The Kier molecular flexibility index (Phi) is 5.71. The van der Waals surface area contributed by atoms with Crippen molar-refractivity contribution in [3.63, 3.8) is 0 Å². The normalized spacial score (nSPS) is 35.3. The number of hydrogen-bond donors (Lipinski definition) is 1. The third kappa shape index (κ3) is 4.02. The first-order valence-corrected chi connectivity index (χ1v) is 13.2. The molecular weight excluding hydrogens is 408 g/mol. The summed E-state index contributed by atoms with van der Waals surface area (Å²) in [6.45, 7) is 9.82. The Morgan fingerprint density at radius 1 is 1.03 bits per heavy atom.